The minimum absolute atomic E-state index is 0.0441. The van der Waals surface area contributed by atoms with E-state index >= 15 is 0 Å². The summed E-state index contributed by atoms with van der Waals surface area (Å²) in [6, 6.07) is 8.63. The zero-order chi connectivity index (χ0) is 16.7. The zero-order valence-corrected chi connectivity index (χ0v) is 12.9. The highest BCUT2D eigenvalue weighted by atomic mass is 16.5. The molecule has 1 aromatic carbocycles. The molecule has 1 N–H and O–H groups in total. The maximum atomic E-state index is 12.2. The van der Waals surface area contributed by atoms with E-state index in [1.165, 1.54) is 0 Å². The minimum atomic E-state index is -0.794. The van der Waals surface area contributed by atoms with Crippen molar-refractivity contribution in [1.29, 1.82) is 5.26 Å². The minimum Gasteiger partial charge on any atom is -0.484 e. The third-order valence-corrected chi connectivity index (χ3v) is 3.98. The van der Waals surface area contributed by atoms with Crippen LogP contribution in [0.2, 0.25) is 0 Å². The highest BCUT2D eigenvalue weighted by Crippen LogP contribution is 2.21. The van der Waals surface area contributed by atoms with Gasteiger partial charge in [0, 0.05) is 19.5 Å². The molecule has 1 aliphatic rings. The molecule has 1 fully saturated rings. The Kier molecular flexibility index (Phi) is 5.98. The van der Waals surface area contributed by atoms with Gasteiger partial charge in [-0.15, -0.1) is 0 Å². The van der Waals surface area contributed by atoms with Crippen LogP contribution in [-0.2, 0) is 9.59 Å². The van der Waals surface area contributed by atoms with Crippen LogP contribution in [0.5, 0.6) is 5.75 Å². The lowest BCUT2D eigenvalue weighted by atomic mass is 9.93. The number of hydrogen-bond acceptors (Lipinski definition) is 4. The number of aliphatic carboxylic acids is 1. The molecule has 6 nitrogen and oxygen atoms in total. The summed E-state index contributed by atoms with van der Waals surface area (Å²) < 4.78 is 5.46. The molecule has 0 bridgehead atoms. The molecule has 2 rings (SSSR count). The van der Waals surface area contributed by atoms with Crippen molar-refractivity contribution in [2.24, 2.45) is 5.92 Å². The summed E-state index contributed by atoms with van der Waals surface area (Å²) in [5.41, 5.74) is 0.543. The van der Waals surface area contributed by atoms with Gasteiger partial charge in [-0.2, -0.15) is 5.26 Å². The van der Waals surface area contributed by atoms with Gasteiger partial charge >= 0.3 is 5.97 Å². The van der Waals surface area contributed by atoms with Gasteiger partial charge in [-0.3, -0.25) is 9.59 Å². The number of nitriles is 1. The summed E-state index contributed by atoms with van der Waals surface area (Å²) >= 11 is 0. The Morgan fingerprint density at radius 3 is 2.74 bits per heavy atom. The van der Waals surface area contributed by atoms with Crippen LogP contribution < -0.4 is 4.74 Å². The van der Waals surface area contributed by atoms with Gasteiger partial charge < -0.3 is 14.7 Å². The topological polar surface area (TPSA) is 90.6 Å². The molecule has 1 aromatic rings. The number of carboxylic acid groups (broad SMARTS) is 1. The van der Waals surface area contributed by atoms with Gasteiger partial charge in [-0.05, 0) is 49.4 Å². The number of piperidine rings is 1. The maximum Gasteiger partial charge on any atom is 0.303 e. The average molecular weight is 316 g/mol. The lowest BCUT2D eigenvalue weighted by Crippen LogP contribution is -2.42. The third kappa shape index (κ3) is 5.29. The predicted octanol–water partition coefficient (Wildman–Crippen LogP) is 2.04. The van der Waals surface area contributed by atoms with Crippen LogP contribution in [0.25, 0.3) is 0 Å². The van der Waals surface area contributed by atoms with E-state index in [-0.39, 0.29) is 24.9 Å². The first-order chi connectivity index (χ1) is 11.1. The Labute approximate surface area is 135 Å². The van der Waals surface area contributed by atoms with Crippen LogP contribution in [-0.4, -0.2) is 41.6 Å². The number of carbonyl (C=O) groups is 2. The molecule has 0 saturated carbocycles. The van der Waals surface area contributed by atoms with Gasteiger partial charge in [0.2, 0.25) is 0 Å². The normalized spacial score (nSPS) is 17.3. The molecule has 122 valence electrons. The first-order valence-corrected chi connectivity index (χ1v) is 7.71. The van der Waals surface area contributed by atoms with Crippen LogP contribution >= 0.6 is 0 Å². The molecule has 0 radical (unpaired) electrons. The highest BCUT2D eigenvalue weighted by Gasteiger charge is 2.24. The molecule has 0 aliphatic carbocycles. The van der Waals surface area contributed by atoms with Crippen LogP contribution in [0.1, 0.15) is 31.2 Å². The Morgan fingerprint density at radius 2 is 2.09 bits per heavy atom. The van der Waals surface area contributed by atoms with E-state index in [4.69, 9.17) is 15.1 Å². The quantitative estimate of drug-likeness (QED) is 0.867. The van der Waals surface area contributed by atoms with Gasteiger partial charge in [-0.1, -0.05) is 0 Å². The van der Waals surface area contributed by atoms with Crippen LogP contribution in [0.3, 0.4) is 0 Å². The number of hydrogen-bond donors (Lipinski definition) is 1. The number of rotatable bonds is 6. The van der Waals surface area contributed by atoms with Gasteiger partial charge in [0.1, 0.15) is 5.75 Å². The summed E-state index contributed by atoms with van der Waals surface area (Å²) in [5, 5.41) is 17.5. The summed E-state index contributed by atoms with van der Waals surface area (Å²) in [6.45, 7) is 1.25. The highest BCUT2D eigenvalue weighted by molar-refractivity contribution is 5.77. The van der Waals surface area contributed by atoms with E-state index in [0.29, 0.717) is 30.8 Å². The molecular formula is C17H20N2O4. The third-order valence-electron chi connectivity index (χ3n) is 3.98. The lowest BCUT2D eigenvalue weighted by Gasteiger charge is -2.32. The van der Waals surface area contributed by atoms with Crippen molar-refractivity contribution in [2.75, 3.05) is 19.7 Å². The van der Waals surface area contributed by atoms with E-state index in [2.05, 4.69) is 0 Å². The molecule has 1 heterocycles. The molecule has 1 amide bonds. The van der Waals surface area contributed by atoms with Crippen molar-refractivity contribution in [2.45, 2.75) is 25.7 Å². The number of nitrogens with zero attached hydrogens (tertiary/aromatic N) is 2. The number of carbonyl (C=O) groups excluding carboxylic acids is 1. The largest absolute Gasteiger partial charge is 0.484 e. The number of benzene rings is 1. The van der Waals surface area contributed by atoms with Gasteiger partial charge in [0.25, 0.3) is 5.91 Å². The van der Waals surface area contributed by atoms with Gasteiger partial charge in [0.15, 0.2) is 6.61 Å². The van der Waals surface area contributed by atoms with E-state index < -0.39 is 5.97 Å². The van der Waals surface area contributed by atoms with E-state index in [1.807, 2.05) is 6.07 Å². The first-order valence-electron chi connectivity index (χ1n) is 7.71. The monoisotopic (exact) mass is 316 g/mol. The van der Waals surface area contributed by atoms with Crippen LogP contribution in [0, 0.1) is 17.2 Å². The van der Waals surface area contributed by atoms with E-state index in [1.54, 1.807) is 29.2 Å². The molecule has 1 aliphatic heterocycles. The Hall–Kier alpha value is -2.55. The molecule has 1 atom stereocenters. The Morgan fingerprint density at radius 1 is 1.35 bits per heavy atom. The molecular weight excluding hydrogens is 296 g/mol. The van der Waals surface area contributed by atoms with Crippen molar-refractivity contribution in [3.05, 3.63) is 29.8 Å². The Balaban J connectivity index is 1.80. The smallest absolute Gasteiger partial charge is 0.303 e. The second-order valence-corrected chi connectivity index (χ2v) is 5.71. The zero-order valence-electron chi connectivity index (χ0n) is 12.9. The van der Waals surface area contributed by atoms with Crippen molar-refractivity contribution in [3.63, 3.8) is 0 Å². The molecule has 0 spiro atoms. The molecule has 1 unspecified atom stereocenters. The number of carboxylic acids is 1. The second-order valence-electron chi connectivity index (χ2n) is 5.71. The fourth-order valence-corrected chi connectivity index (χ4v) is 2.72. The maximum absolute atomic E-state index is 12.2. The van der Waals surface area contributed by atoms with Crippen molar-refractivity contribution >= 4 is 11.9 Å². The van der Waals surface area contributed by atoms with Gasteiger partial charge in [0.05, 0.1) is 11.6 Å². The van der Waals surface area contributed by atoms with Crippen molar-refractivity contribution < 1.29 is 19.4 Å². The van der Waals surface area contributed by atoms with Crippen molar-refractivity contribution in [1.82, 2.24) is 4.90 Å². The first kappa shape index (κ1) is 16.8. The lowest BCUT2D eigenvalue weighted by molar-refractivity contribution is -0.137. The van der Waals surface area contributed by atoms with E-state index in [0.717, 1.165) is 12.8 Å². The summed E-state index contributed by atoms with van der Waals surface area (Å²) in [6.07, 6.45) is 2.62. The van der Waals surface area contributed by atoms with Crippen molar-refractivity contribution in [3.8, 4) is 11.8 Å². The molecule has 23 heavy (non-hydrogen) atoms. The van der Waals surface area contributed by atoms with Crippen LogP contribution in [0.4, 0.5) is 0 Å². The fraction of sp³-hybridized carbons (Fsp3) is 0.471. The molecule has 6 heteroatoms. The molecule has 0 aromatic heterocycles. The average Bonchev–Trinajstić information content (AvgIpc) is 2.58. The number of ether oxygens (including phenoxy) is 1. The summed E-state index contributed by atoms with van der Waals surface area (Å²) in [5.74, 6) is -0.0810. The fourth-order valence-electron chi connectivity index (χ4n) is 2.72. The SMILES string of the molecule is N#Cc1ccc(OCC(=O)N2CCCC(CCC(=O)O)C2)cc1. The standard InChI is InChI=1S/C17H20N2O4/c18-10-13-3-6-15(7-4-13)23-12-16(20)19-9-1-2-14(11-19)5-8-17(21)22/h3-4,6-7,14H,1-2,5,8-9,11-12H2,(H,21,22). The summed E-state index contributed by atoms with van der Waals surface area (Å²) in [4.78, 5) is 24.6. The number of likely N-dealkylation sites (tertiary alicyclic amines) is 1. The molecule has 1 saturated heterocycles. The second kappa shape index (κ2) is 8.18. The number of amides is 1. The van der Waals surface area contributed by atoms with Crippen LogP contribution in [0.15, 0.2) is 24.3 Å². The predicted molar refractivity (Wildman–Crippen MR) is 82.8 cm³/mol. The summed E-state index contributed by atoms with van der Waals surface area (Å²) in [7, 11) is 0. The van der Waals surface area contributed by atoms with Gasteiger partial charge in [-0.25, -0.2) is 0 Å². The van der Waals surface area contributed by atoms with E-state index in [9.17, 15) is 9.59 Å². The Bertz CT molecular complexity index is 592.